The minimum Gasteiger partial charge on any atom is -0.486 e. The molecule has 0 saturated carbocycles. The lowest BCUT2D eigenvalue weighted by Gasteiger charge is -2.34. The van der Waals surface area contributed by atoms with Crippen molar-refractivity contribution in [1.82, 2.24) is 5.32 Å². The Morgan fingerprint density at radius 2 is 2.00 bits per heavy atom. The number of likely N-dealkylation sites (N-methyl/N-ethyl adjacent to an activating group) is 1. The molecule has 1 atom stereocenters. The number of anilines is 1. The van der Waals surface area contributed by atoms with E-state index >= 15 is 0 Å². The van der Waals surface area contributed by atoms with Gasteiger partial charge in [0, 0.05) is 7.05 Å². The summed E-state index contributed by atoms with van der Waals surface area (Å²) < 4.78 is 6.19. The largest absolute Gasteiger partial charge is 0.486 e. The lowest BCUT2D eigenvalue weighted by atomic mass is 10.00. The molecule has 0 aliphatic carbocycles. The second-order valence-electron chi connectivity index (χ2n) is 5.75. The predicted octanol–water partition coefficient (Wildman–Crippen LogP) is 2.37. The molecule has 0 fully saturated rings. The molecule has 1 aromatic carbocycles. The van der Waals surface area contributed by atoms with E-state index in [2.05, 4.69) is 36.3 Å². The SMILES string of the molecule is CCCC1CN(C)c2cc3c(cc2O1)CCNCC3. The van der Waals surface area contributed by atoms with Crippen molar-refractivity contribution in [1.29, 1.82) is 0 Å². The summed E-state index contributed by atoms with van der Waals surface area (Å²) in [5.41, 5.74) is 4.23. The number of hydrogen-bond donors (Lipinski definition) is 1. The Morgan fingerprint density at radius 3 is 2.74 bits per heavy atom. The number of hydrogen-bond acceptors (Lipinski definition) is 3. The molecule has 0 bridgehead atoms. The van der Waals surface area contributed by atoms with Crippen LogP contribution in [0.1, 0.15) is 30.9 Å². The molecule has 0 amide bonds. The van der Waals surface area contributed by atoms with E-state index in [9.17, 15) is 0 Å². The maximum atomic E-state index is 6.19. The van der Waals surface area contributed by atoms with Crippen LogP contribution in [0, 0.1) is 0 Å². The van der Waals surface area contributed by atoms with Crippen LogP contribution in [0.3, 0.4) is 0 Å². The third-order valence-corrected chi connectivity index (χ3v) is 4.22. The van der Waals surface area contributed by atoms with Gasteiger partial charge in [-0.2, -0.15) is 0 Å². The molecule has 0 aromatic heterocycles. The molecule has 104 valence electrons. The molecular weight excluding hydrogens is 236 g/mol. The van der Waals surface area contributed by atoms with Gasteiger partial charge in [0.15, 0.2) is 0 Å². The molecule has 3 rings (SSSR count). The van der Waals surface area contributed by atoms with Gasteiger partial charge in [0.25, 0.3) is 0 Å². The van der Waals surface area contributed by atoms with Crippen LogP contribution in [-0.4, -0.2) is 32.8 Å². The van der Waals surface area contributed by atoms with Gasteiger partial charge in [0.05, 0.1) is 12.2 Å². The van der Waals surface area contributed by atoms with Crippen molar-refractivity contribution in [3.05, 3.63) is 23.3 Å². The summed E-state index contributed by atoms with van der Waals surface area (Å²) in [5.74, 6) is 1.09. The molecular formula is C16H24N2O. The zero-order chi connectivity index (χ0) is 13.2. The molecule has 19 heavy (non-hydrogen) atoms. The van der Waals surface area contributed by atoms with E-state index in [0.29, 0.717) is 6.10 Å². The Labute approximate surface area is 115 Å². The normalized spacial score (nSPS) is 22.2. The average molecular weight is 260 g/mol. The summed E-state index contributed by atoms with van der Waals surface area (Å²) in [6.07, 6.45) is 4.93. The van der Waals surface area contributed by atoms with Crippen molar-refractivity contribution in [3.8, 4) is 5.75 Å². The Bertz CT molecular complexity index is 458. The van der Waals surface area contributed by atoms with Crippen LogP contribution in [0.2, 0.25) is 0 Å². The summed E-state index contributed by atoms with van der Waals surface area (Å²) in [4.78, 5) is 2.36. The highest BCUT2D eigenvalue weighted by Gasteiger charge is 2.24. The van der Waals surface area contributed by atoms with Crippen LogP contribution in [0.15, 0.2) is 12.1 Å². The first-order valence-electron chi connectivity index (χ1n) is 7.52. The van der Waals surface area contributed by atoms with Crippen LogP contribution >= 0.6 is 0 Å². The summed E-state index contributed by atoms with van der Waals surface area (Å²) in [7, 11) is 2.19. The average Bonchev–Trinajstić information content (AvgIpc) is 2.62. The highest BCUT2D eigenvalue weighted by atomic mass is 16.5. The van der Waals surface area contributed by atoms with Crippen LogP contribution in [-0.2, 0) is 12.8 Å². The summed E-state index contributed by atoms with van der Waals surface area (Å²) >= 11 is 0. The van der Waals surface area contributed by atoms with Gasteiger partial charge >= 0.3 is 0 Å². The topological polar surface area (TPSA) is 24.5 Å². The van der Waals surface area contributed by atoms with E-state index in [1.54, 1.807) is 0 Å². The molecule has 1 aromatic rings. The van der Waals surface area contributed by atoms with Gasteiger partial charge in [-0.25, -0.2) is 0 Å². The third-order valence-electron chi connectivity index (χ3n) is 4.22. The Morgan fingerprint density at radius 1 is 1.26 bits per heavy atom. The maximum Gasteiger partial charge on any atom is 0.143 e. The van der Waals surface area contributed by atoms with Gasteiger partial charge in [0.1, 0.15) is 11.9 Å². The van der Waals surface area contributed by atoms with Gasteiger partial charge < -0.3 is 15.0 Å². The molecule has 2 heterocycles. The van der Waals surface area contributed by atoms with Crippen molar-refractivity contribution < 1.29 is 4.74 Å². The first-order chi connectivity index (χ1) is 9.28. The third kappa shape index (κ3) is 2.57. The summed E-state index contributed by atoms with van der Waals surface area (Å²) in [5, 5.41) is 3.47. The number of ether oxygens (including phenoxy) is 1. The van der Waals surface area contributed by atoms with E-state index in [1.807, 2.05) is 0 Å². The molecule has 0 radical (unpaired) electrons. The lowest BCUT2D eigenvalue weighted by Crippen LogP contribution is -2.37. The van der Waals surface area contributed by atoms with Gasteiger partial charge in [-0.1, -0.05) is 13.3 Å². The molecule has 3 heteroatoms. The fourth-order valence-electron chi connectivity index (χ4n) is 3.18. The number of nitrogens with one attached hydrogen (secondary N) is 1. The molecule has 2 aliphatic heterocycles. The fourth-order valence-corrected chi connectivity index (χ4v) is 3.18. The van der Waals surface area contributed by atoms with E-state index < -0.39 is 0 Å². The highest BCUT2D eigenvalue weighted by molar-refractivity contribution is 5.63. The lowest BCUT2D eigenvalue weighted by molar-refractivity contribution is 0.184. The fraction of sp³-hybridized carbons (Fsp3) is 0.625. The van der Waals surface area contributed by atoms with Crippen molar-refractivity contribution in [2.45, 2.75) is 38.7 Å². The summed E-state index contributed by atoms with van der Waals surface area (Å²) in [6, 6.07) is 4.63. The zero-order valence-electron chi connectivity index (χ0n) is 12.0. The molecule has 1 unspecified atom stereocenters. The van der Waals surface area contributed by atoms with Crippen LogP contribution < -0.4 is 15.0 Å². The number of nitrogens with zero attached hydrogens (tertiary/aromatic N) is 1. The molecule has 1 N–H and O–H groups in total. The van der Waals surface area contributed by atoms with Crippen molar-refractivity contribution in [2.75, 3.05) is 31.6 Å². The van der Waals surface area contributed by atoms with E-state index in [0.717, 1.165) is 44.6 Å². The zero-order valence-corrected chi connectivity index (χ0v) is 12.0. The first kappa shape index (κ1) is 12.8. The van der Waals surface area contributed by atoms with Crippen molar-refractivity contribution in [2.24, 2.45) is 0 Å². The monoisotopic (exact) mass is 260 g/mol. The molecule has 2 aliphatic rings. The van der Waals surface area contributed by atoms with Gasteiger partial charge in [-0.3, -0.25) is 0 Å². The standard InChI is InChI=1S/C16H24N2O/c1-3-4-14-11-18(2)15-9-12-5-7-17-8-6-13(12)10-16(15)19-14/h9-10,14,17H,3-8,11H2,1-2H3. The van der Waals surface area contributed by atoms with Gasteiger partial charge in [0.2, 0.25) is 0 Å². The first-order valence-corrected chi connectivity index (χ1v) is 7.52. The van der Waals surface area contributed by atoms with Crippen LogP contribution in [0.4, 0.5) is 5.69 Å². The Hall–Kier alpha value is -1.22. The molecule has 0 spiro atoms. The highest BCUT2D eigenvalue weighted by Crippen LogP contribution is 2.36. The molecule has 0 saturated heterocycles. The number of benzene rings is 1. The minimum absolute atomic E-state index is 0.351. The quantitative estimate of drug-likeness (QED) is 0.883. The Balaban J connectivity index is 1.92. The summed E-state index contributed by atoms with van der Waals surface area (Å²) in [6.45, 7) is 5.41. The van der Waals surface area contributed by atoms with Crippen LogP contribution in [0.5, 0.6) is 5.75 Å². The van der Waals surface area contributed by atoms with Gasteiger partial charge in [-0.15, -0.1) is 0 Å². The minimum atomic E-state index is 0.351. The number of fused-ring (bicyclic) bond motifs is 2. The predicted molar refractivity (Wildman–Crippen MR) is 79.3 cm³/mol. The van der Waals surface area contributed by atoms with E-state index in [-0.39, 0.29) is 0 Å². The second kappa shape index (κ2) is 5.41. The van der Waals surface area contributed by atoms with Crippen molar-refractivity contribution >= 4 is 5.69 Å². The van der Waals surface area contributed by atoms with Gasteiger partial charge in [-0.05, 0) is 55.6 Å². The van der Waals surface area contributed by atoms with Crippen molar-refractivity contribution in [3.63, 3.8) is 0 Å². The smallest absolute Gasteiger partial charge is 0.143 e. The number of rotatable bonds is 2. The second-order valence-corrected chi connectivity index (χ2v) is 5.75. The van der Waals surface area contributed by atoms with E-state index in [4.69, 9.17) is 4.74 Å². The Kier molecular flexibility index (Phi) is 3.65. The molecule has 3 nitrogen and oxygen atoms in total. The van der Waals surface area contributed by atoms with E-state index in [1.165, 1.54) is 23.2 Å². The van der Waals surface area contributed by atoms with Crippen LogP contribution in [0.25, 0.3) is 0 Å². The maximum absolute atomic E-state index is 6.19.